The number of thiophene rings is 1. The van der Waals surface area contributed by atoms with Crippen LogP contribution in [0.25, 0.3) is 10.2 Å². The predicted octanol–water partition coefficient (Wildman–Crippen LogP) is 4.01. The third-order valence-corrected chi connectivity index (χ3v) is 4.79. The Balaban J connectivity index is 2.06. The fourth-order valence-electron chi connectivity index (χ4n) is 2.79. The molecular formula is C14H16F2N2OS. The maximum Gasteiger partial charge on any atom is 0.259 e. The van der Waals surface area contributed by atoms with Crippen LogP contribution in [0, 0.1) is 0 Å². The van der Waals surface area contributed by atoms with Gasteiger partial charge in [-0.05, 0) is 23.3 Å². The van der Waals surface area contributed by atoms with E-state index in [0.717, 1.165) is 5.56 Å². The molecule has 3 rings (SSSR count). The normalized spacial score (nSPS) is 21.9. The standard InChI is InChI=1S/C14H16F2N2OS/c1-7(2)9-6-20-13-10(9)12(19)17-11(18-13)8-3-4-14(15,16)5-8/h6-8H,3-5H2,1-2H3,(H,17,18,19)/t8-/m1/s1. The van der Waals surface area contributed by atoms with Crippen LogP contribution in [0.3, 0.4) is 0 Å². The van der Waals surface area contributed by atoms with E-state index in [9.17, 15) is 13.6 Å². The van der Waals surface area contributed by atoms with Gasteiger partial charge in [0.1, 0.15) is 10.7 Å². The Morgan fingerprint density at radius 2 is 2.25 bits per heavy atom. The number of nitrogens with zero attached hydrogens (tertiary/aromatic N) is 1. The third-order valence-electron chi connectivity index (χ3n) is 3.90. The highest BCUT2D eigenvalue weighted by atomic mass is 32.1. The summed E-state index contributed by atoms with van der Waals surface area (Å²) >= 11 is 1.41. The third kappa shape index (κ3) is 2.26. The van der Waals surface area contributed by atoms with Crippen LogP contribution in [-0.2, 0) is 0 Å². The average Bonchev–Trinajstić information content (AvgIpc) is 2.92. The first-order valence-corrected chi connectivity index (χ1v) is 7.64. The van der Waals surface area contributed by atoms with Crippen molar-refractivity contribution in [2.75, 3.05) is 0 Å². The van der Waals surface area contributed by atoms with Crippen molar-refractivity contribution in [2.45, 2.75) is 50.9 Å². The van der Waals surface area contributed by atoms with Gasteiger partial charge in [0.2, 0.25) is 5.92 Å². The van der Waals surface area contributed by atoms with Gasteiger partial charge in [-0.1, -0.05) is 13.8 Å². The van der Waals surface area contributed by atoms with E-state index in [0.29, 0.717) is 22.5 Å². The van der Waals surface area contributed by atoms with E-state index < -0.39 is 5.92 Å². The van der Waals surface area contributed by atoms with Gasteiger partial charge in [0.05, 0.1) is 5.39 Å². The number of aromatic nitrogens is 2. The lowest BCUT2D eigenvalue weighted by Crippen LogP contribution is -2.15. The minimum absolute atomic E-state index is 0.124. The number of H-pyrrole nitrogens is 1. The van der Waals surface area contributed by atoms with Crippen LogP contribution in [0.4, 0.5) is 8.78 Å². The highest BCUT2D eigenvalue weighted by Crippen LogP contribution is 2.43. The first kappa shape index (κ1) is 13.7. The molecule has 0 aliphatic heterocycles. The maximum atomic E-state index is 13.3. The monoisotopic (exact) mass is 298 g/mol. The van der Waals surface area contributed by atoms with E-state index in [1.807, 2.05) is 19.2 Å². The zero-order valence-electron chi connectivity index (χ0n) is 11.4. The smallest absolute Gasteiger partial charge is 0.259 e. The molecule has 0 bridgehead atoms. The number of hydrogen-bond acceptors (Lipinski definition) is 3. The summed E-state index contributed by atoms with van der Waals surface area (Å²) in [6.07, 6.45) is 0.0365. The summed E-state index contributed by atoms with van der Waals surface area (Å²) in [6.45, 7) is 4.04. The van der Waals surface area contributed by atoms with Gasteiger partial charge in [0.25, 0.3) is 5.56 Å². The van der Waals surface area contributed by atoms with Crippen molar-refractivity contribution in [2.24, 2.45) is 0 Å². The van der Waals surface area contributed by atoms with Crippen LogP contribution in [0.2, 0.25) is 0 Å². The molecule has 20 heavy (non-hydrogen) atoms. The molecule has 0 aromatic carbocycles. The Hall–Kier alpha value is -1.30. The highest BCUT2D eigenvalue weighted by Gasteiger charge is 2.41. The molecule has 0 amide bonds. The van der Waals surface area contributed by atoms with Crippen molar-refractivity contribution in [3.05, 3.63) is 27.1 Å². The summed E-state index contributed by atoms with van der Waals surface area (Å²) in [5, 5.41) is 2.54. The highest BCUT2D eigenvalue weighted by molar-refractivity contribution is 7.16. The van der Waals surface area contributed by atoms with Gasteiger partial charge in [-0.3, -0.25) is 4.79 Å². The summed E-state index contributed by atoms with van der Waals surface area (Å²) in [6, 6.07) is 0. The molecule has 0 unspecified atom stereocenters. The van der Waals surface area contributed by atoms with Crippen molar-refractivity contribution in [3.8, 4) is 0 Å². The first-order chi connectivity index (χ1) is 9.37. The van der Waals surface area contributed by atoms with Crippen molar-refractivity contribution >= 4 is 21.6 Å². The molecule has 2 heterocycles. The van der Waals surface area contributed by atoms with Crippen molar-refractivity contribution in [3.63, 3.8) is 0 Å². The minimum atomic E-state index is -2.63. The lowest BCUT2D eigenvalue weighted by Gasteiger charge is -2.10. The number of aromatic amines is 1. The molecule has 0 saturated heterocycles. The van der Waals surface area contributed by atoms with Crippen LogP contribution < -0.4 is 5.56 Å². The van der Waals surface area contributed by atoms with Gasteiger partial charge < -0.3 is 4.98 Å². The lowest BCUT2D eigenvalue weighted by atomic mass is 10.0. The van der Waals surface area contributed by atoms with Gasteiger partial charge in [0, 0.05) is 18.8 Å². The van der Waals surface area contributed by atoms with Gasteiger partial charge in [-0.15, -0.1) is 11.3 Å². The number of alkyl halides is 2. The zero-order chi connectivity index (χ0) is 14.5. The fourth-order valence-corrected chi connectivity index (χ4v) is 3.90. The van der Waals surface area contributed by atoms with Crippen LogP contribution >= 0.6 is 11.3 Å². The number of nitrogens with one attached hydrogen (secondary N) is 1. The summed E-state index contributed by atoms with van der Waals surface area (Å²) in [5.41, 5.74) is 0.771. The molecule has 1 aliphatic rings. The quantitative estimate of drug-likeness (QED) is 0.910. The molecular weight excluding hydrogens is 282 g/mol. The van der Waals surface area contributed by atoms with E-state index >= 15 is 0 Å². The topological polar surface area (TPSA) is 45.8 Å². The molecule has 1 fully saturated rings. The Kier molecular flexibility index (Phi) is 3.16. The molecule has 6 heteroatoms. The minimum Gasteiger partial charge on any atom is -0.310 e. The van der Waals surface area contributed by atoms with Crippen LogP contribution in [0.1, 0.15) is 56.3 Å². The second-order valence-corrected chi connectivity index (χ2v) is 6.63. The van der Waals surface area contributed by atoms with Crippen molar-refractivity contribution in [1.29, 1.82) is 0 Å². The SMILES string of the molecule is CC(C)c1csc2nc([C@@H]3CCC(F)(F)C3)[nH]c(=O)c12. The first-order valence-electron chi connectivity index (χ1n) is 6.76. The number of fused-ring (bicyclic) bond motifs is 1. The van der Waals surface area contributed by atoms with E-state index in [1.54, 1.807) is 0 Å². The summed E-state index contributed by atoms with van der Waals surface area (Å²) < 4.78 is 26.6. The molecule has 1 N–H and O–H groups in total. The van der Waals surface area contributed by atoms with Crippen LogP contribution in [-0.4, -0.2) is 15.9 Å². The maximum absolute atomic E-state index is 13.3. The molecule has 108 valence electrons. The Labute approximate surface area is 119 Å². The van der Waals surface area contributed by atoms with Crippen molar-refractivity contribution < 1.29 is 8.78 Å². The second kappa shape index (κ2) is 4.62. The number of halogens is 2. The molecule has 2 aromatic heterocycles. The number of rotatable bonds is 2. The Morgan fingerprint density at radius 1 is 1.50 bits per heavy atom. The molecule has 1 aliphatic carbocycles. The fraction of sp³-hybridized carbons (Fsp3) is 0.571. The van der Waals surface area contributed by atoms with E-state index in [4.69, 9.17) is 0 Å². The Bertz CT molecular complexity index is 705. The lowest BCUT2D eigenvalue weighted by molar-refractivity contribution is 0.00754. The second-order valence-electron chi connectivity index (χ2n) is 5.77. The van der Waals surface area contributed by atoms with E-state index in [-0.39, 0.29) is 30.2 Å². The average molecular weight is 298 g/mol. The Morgan fingerprint density at radius 3 is 2.85 bits per heavy atom. The number of hydrogen-bond donors (Lipinski definition) is 1. The summed E-state index contributed by atoms with van der Waals surface area (Å²) in [4.78, 5) is 20.0. The van der Waals surface area contributed by atoms with E-state index in [1.165, 1.54) is 11.3 Å². The molecule has 1 saturated carbocycles. The molecule has 3 nitrogen and oxygen atoms in total. The predicted molar refractivity (Wildman–Crippen MR) is 75.9 cm³/mol. The van der Waals surface area contributed by atoms with E-state index in [2.05, 4.69) is 9.97 Å². The van der Waals surface area contributed by atoms with Gasteiger partial charge in [-0.25, -0.2) is 13.8 Å². The van der Waals surface area contributed by atoms with Gasteiger partial charge in [-0.2, -0.15) is 0 Å². The molecule has 1 atom stereocenters. The summed E-state index contributed by atoms with van der Waals surface area (Å²) in [5.74, 6) is -2.31. The van der Waals surface area contributed by atoms with Crippen LogP contribution in [0.15, 0.2) is 10.2 Å². The van der Waals surface area contributed by atoms with Gasteiger partial charge in [0.15, 0.2) is 0 Å². The molecule has 0 spiro atoms. The zero-order valence-corrected chi connectivity index (χ0v) is 12.2. The van der Waals surface area contributed by atoms with Crippen LogP contribution in [0.5, 0.6) is 0 Å². The molecule has 2 aromatic rings. The van der Waals surface area contributed by atoms with Gasteiger partial charge >= 0.3 is 0 Å². The molecule has 0 radical (unpaired) electrons. The largest absolute Gasteiger partial charge is 0.310 e. The van der Waals surface area contributed by atoms with Crippen molar-refractivity contribution in [1.82, 2.24) is 9.97 Å². The summed E-state index contributed by atoms with van der Waals surface area (Å²) in [7, 11) is 0.